The Morgan fingerprint density at radius 1 is 1.30 bits per heavy atom. The zero-order valence-corrected chi connectivity index (χ0v) is 13.3. The van der Waals surface area contributed by atoms with Crippen LogP contribution in [0, 0.1) is 5.92 Å². The molecule has 0 aromatic rings. The molecular formula is C15H27NO4. The third kappa shape index (κ3) is 4.69. The first-order valence-electron chi connectivity index (χ1n) is 7.36. The maximum Gasteiger partial charge on any atom is 0.411 e. The van der Waals surface area contributed by atoms with E-state index in [0.717, 1.165) is 19.3 Å². The summed E-state index contributed by atoms with van der Waals surface area (Å²) in [6, 6.07) is -0.514. The normalized spacial score (nSPS) is 23.4. The van der Waals surface area contributed by atoms with E-state index in [2.05, 4.69) is 6.92 Å². The first-order valence-corrected chi connectivity index (χ1v) is 7.36. The molecule has 0 saturated carbocycles. The van der Waals surface area contributed by atoms with E-state index in [4.69, 9.17) is 9.47 Å². The summed E-state index contributed by atoms with van der Waals surface area (Å²) in [7, 11) is 1.36. The molecule has 0 N–H and O–H groups in total. The van der Waals surface area contributed by atoms with Crippen LogP contribution in [-0.4, -0.2) is 42.3 Å². The predicted molar refractivity (Wildman–Crippen MR) is 76.4 cm³/mol. The number of nitrogens with zero attached hydrogens (tertiary/aromatic N) is 1. The van der Waals surface area contributed by atoms with E-state index in [1.807, 2.05) is 20.8 Å². The number of carbonyl (C=O) groups excluding carboxylic acids is 2. The molecular weight excluding hydrogens is 258 g/mol. The molecule has 1 aliphatic heterocycles. The van der Waals surface area contributed by atoms with Gasteiger partial charge in [-0.1, -0.05) is 19.8 Å². The van der Waals surface area contributed by atoms with E-state index in [0.29, 0.717) is 18.9 Å². The van der Waals surface area contributed by atoms with Crippen LogP contribution in [0.5, 0.6) is 0 Å². The summed E-state index contributed by atoms with van der Waals surface area (Å²) < 4.78 is 10.2. The Bertz CT molecular complexity index is 348. The van der Waals surface area contributed by atoms with Crippen LogP contribution in [0.1, 0.15) is 53.4 Å². The Kier molecular flexibility index (Phi) is 5.84. The molecule has 116 valence electrons. The van der Waals surface area contributed by atoms with Gasteiger partial charge in [-0.2, -0.15) is 0 Å². The minimum Gasteiger partial charge on any atom is -0.467 e. The second-order valence-electron chi connectivity index (χ2n) is 6.39. The number of amides is 1. The minimum absolute atomic E-state index is 0.350. The molecule has 5 nitrogen and oxygen atoms in total. The molecule has 1 fully saturated rings. The molecule has 1 amide bonds. The van der Waals surface area contributed by atoms with E-state index in [-0.39, 0.29) is 5.97 Å². The highest BCUT2D eigenvalue weighted by Crippen LogP contribution is 2.28. The predicted octanol–water partition coefficient (Wildman–Crippen LogP) is 2.98. The Morgan fingerprint density at radius 3 is 2.45 bits per heavy atom. The average molecular weight is 285 g/mol. The third-order valence-electron chi connectivity index (χ3n) is 3.51. The van der Waals surface area contributed by atoms with Crippen molar-refractivity contribution in [2.45, 2.75) is 65.0 Å². The number of hydrogen-bond acceptors (Lipinski definition) is 4. The van der Waals surface area contributed by atoms with Crippen molar-refractivity contribution in [3.05, 3.63) is 0 Å². The lowest BCUT2D eigenvalue weighted by atomic mass is 9.88. The lowest BCUT2D eigenvalue weighted by Gasteiger charge is -2.38. The number of piperidine rings is 1. The van der Waals surface area contributed by atoms with Crippen molar-refractivity contribution in [1.82, 2.24) is 4.90 Å². The van der Waals surface area contributed by atoms with Crippen molar-refractivity contribution >= 4 is 12.1 Å². The van der Waals surface area contributed by atoms with Gasteiger partial charge in [0.15, 0.2) is 0 Å². The van der Waals surface area contributed by atoms with Crippen molar-refractivity contribution in [2.24, 2.45) is 5.92 Å². The van der Waals surface area contributed by atoms with Gasteiger partial charge in [0, 0.05) is 6.54 Å². The van der Waals surface area contributed by atoms with Gasteiger partial charge in [-0.25, -0.2) is 9.59 Å². The lowest BCUT2D eigenvalue weighted by molar-refractivity contribution is -0.148. The number of methoxy groups -OCH3 is 1. The lowest BCUT2D eigenvalue weighted by Crippen LogP contribution is -2.51. The summed E-state index contributed by atoms with van der Waals surface area (Å²) in [6.07, 6.45) is 3.32. The van der Waals surface area contributed by atoms with E-state index >= 15 is 0 Å². The van der Waals surface area contributed by atoms with Crippen LogP contribution >= 0.6 is 0 Å². The molecule has 5 heteroatoms. The van der Waals surface area contributed by atoms with Crippen LogP contribution < -0.4 is 0 Å². The van der Waals surface area contributed by atoms with Crippen LogP contribution in [0.2, 0.25) is 0 Å². The SMILES string of the molecule is CCCC1CCN(C(=O)OC(C)(C)C)C(C(=O)OC)C1. The zero-order chi connectivity index (χ0) is 15.3. The van der Waals surface area contributed by atoms with Gasteiger partial charge in [-0.05, 0) is 39.5 Å². The molecule has 0 spiro atoms. The Morgan fingerprint density at radius 2 is 1.95 bits per heavy atom. The molecule has 0 aliphatic carbocycles. The number of rotatable bonds is 3. The number of ether oxygens (including phenoxy) is 2. The van der Waals surface area contributed by atoms with Crippen molar-refractivity contribution in [3.63, 3.8) is 0 Å². The highest BCUT2D eigenvalue weighted by molar-refractivity contribution is 5.81. The fourth-order valence-electron chi connectivity index (χ4n) is 2.61. The quantitative estimate of drug-likeness (QED) is 0.748. The number of carbonyl (C=O) groups is 2. The van der Waals surface area contributed by atoms with Crippen molar-refractivity contribution in [3.8, 4) is 0 Å². The van der Waals surface area contributed by atoms with Crippen LogP contribution in [0.25, 0.3) is 0 Å². The number of esters is 1. The van der Waals surface area contributed by atoms with E-state index in [1.165, 1.54) is 12.0 Å². The topological polar surface area (TPSA) is 55.8 Å². The monoisotopic (exact) mass is 285 g/mol. The first-order chi connectivity index (χ1) is 9.28. The van der Waals surface area contributed by atoms with E-state index in [9.17, 15) is 9.59 Å². The molecule has 1 heterocycles. The molecule has 20 heavy (non-hydrogen) atoms. The van der Waals surface area contributed by atoms with Gasteiger partial charge in [0.05, 0.1) is 7.11 Å². The van der Waals surface area contributed by atoms with E-state index in [1.54, 1.807) is 0 Å². The van der Waals surface area contributed by atoms with Crippen molar-refractivity contribution in [2.75, 3.05) is 13.7 Å². The summed E-state index contributed by atoms with van der Waals surface area (Å²) in [5.74, 6) is 0.124. The van der Waals surface area contributed by atoms with Gasteiger partial charge in [0.1, 0.15) is 11.6 Å². The highest BCUT2D eigenvalue weighted by Gasteiger charge is 2.38. The zero-order valence-electron chi connectivity index (χ0n) is 13.3. The summed E-state index contributed by atoms with van der Waals surface area (Å²) in [6.45, 7) is 8.15. The van der Waals surface area contributed by atoms with Crippen LogP contribution in [0.3, 0.4) is 0 Å². The van der Waals surface area contributed by atoms with Crippen molar-refractivity contribution in [1.29, 1.82) is 0 Å². The standard InChI is InChI=1S/C15H27NO4/c1-6-7-11-8-9-16(12(10-11)13(17)19-5)14(18)20-15(2,3)4/h11-12H,6-10H2,1-5H3. The third-order valence-corrected chi connectivity index (χ3v) is 3.51. The maximum atomic E-state index is 12.2. The number of likely N-dealkylation sites (tertiary alicyclic amines) is 1. The van der Waals surface area contributed by atoms with E-state index < -0.39 is 17.7 Å². The van der Waals surface area contributed by atoms with Crippen molar-refractivity contribution < 1.29 is 19.1 Å². The van der Waals surface area contributed by atoms with Gasteiger partial charge in [0.2, 0.25) is 0 Å². The maximum absolute atomic E-state index is 12.2. The highest BCUT2D eigenvalue weighted by atomic mass is 16.6. The summed E-state index contributed by atoms with van der Waals surface area (Å²) in [4.78, 5) is 25.6. The minimum atomic E-state index is -0.558. The Hall–Kier alpha value is -1.26. The number of hydrogen-bond donors (Lipinski definition) is 0. The van der Waals surface area contributed by atoms with Gasteiger partial charge in [-0.15, -0.1) is 0 Å². The van der Waals surface area contributed by atoms with Gasteiger partial charge in [0.25, 0.3) is 0 Å². The van der Waals surface area contributed by atoms with Gasteiger partial charge < -0.3 is 9.47 Å². The Balaban J connectivity index is 2.77. The molecule has 2 unspecified atom stereocenters. The fraction of sp³-hybridized carbons (Fsp3) is 0.867. The molecule has 1 saturated heterocycles. The van der Waals surface area contributed by atoms with Gasteiger partial charge in [-0.3, -0.25) is 4.90 Å². The Labute approximate surface area is 121 Å². The summed E-state index contributed by atoms with van der Waals surface area (Å²) in [5, 5.41) is 0. The van der Waals surface area contributed by atoms with Crippen LogP contribution in [0.15, 0.2) is 0 Å². The molecule has 0 aromatic heterocycles. The first kappa shape index (κ1) is 16.8. The van der Waals surface area contributed by atoms with Crippen LogP contribution in [-0.2, 0) is 14.3 Å². The smallest absolute Gasteiger partial charge is 0.411 e. The van der Waals surface area contributed by atoms with Crippen LogP contribution in [0.4, 0.5) is 4.79 Å². The average Bonchev–Trinajstić information content (AvgIpc) is 2.36. The second kappa shape index (κ2) is 6.95. The summed E-state index contributed by atoms with van der Waals surface area (Å²) in [5.41, 5.74) is -0.558. The largest absolute Gasteiger partial charge is 0.467 e. The molecule has 0 radical (unpaired) electrons. The molecule has 1 rings (SSSR count). The molecule has 1 aliphatic rings. The van der Waals surface area contributed by atoms with Gasteiger partial charge >= 0.3 is 12.1 Å². The fourth-order valence-corrected chi connectivity index (χ4v) is 2.61. The second-order valence-corrected chi connectivity index (χ2v) is 6.39. The molecule has 2 atom stereocenters. The summed E-state index contributed by atoms with van der Waals surface area (Å²) >= 11 is 0. The molecule has 0 bridgehead atoms. The molecule has 0 aromatic carbocycles.